The van der Waals surface area contributed by atoms with Crippen LogP contribution < -0.4 is 26.4 Å². The lowest BCUT2D eigenvalue weighted by atomic mass is 10.0. The molecule has 4 aromatic carbocycles. The number of amides is 2. The van der Waals surface area contributed by atoms with Crippen LogP contribution in [0.15, 0.2) is 97.1 Å². The van der Waals surface area contributed by atoms with E-state index in [1.165, 1.54) is 12.1 Å². The molecule has 13 heteroatoms. The molecule has 0 fully saturated rings. The van der Waals surface area contributed by atoms with Crippen LogP contribution in [-0.4, -0.2) is 47.3 Å². The van der Waals surface area contributed by atoms with E-state index in [2.05, 4.69) is 27.8 Å². The molecule has 0 aliphatic rings. The third kappa shape index (κ3) is 13.2. The van der Waals surface area contributed by atoms with Crippen molar-refractivity contribution < 1.29 is 33.1 Å². The van der Waals surface area contributed by atoms with Gasteiger partial charge in [-0.05, 0) is 78.5 Å². The fourth-order valence-corrected chi connectivity index (χ4v) is 6.39. The van der Waals surface area contributed by atoms with Crippen molar-refractivity contribution in [2.45, 2.75) is 50.5 Å². The summed E-state index contributed by atoms with van der Waals surface area (Å²) in [6.07, 6.45) is 3.73. The zero-order chi connectivity index (χ0) is 37.3. The van der Waals surface area contributed by atoms with E-state index < -0.39 is 31.1 Å². The SMILES string of the molecule is NCCCCCCNC(=O)C(Cc1cccc(C#CCOc2cccc(C(NCc3ccccc3)P(=O)(O)O)c2)c1)NC(=O)c1ccc(F)c(Cl)c1. The van der Waals surface area contributed by atoms with Crippen molar-refractivity contribution in [3.63, 3.8) is 0 Å². The van der Waals surface area contributed by atoms with Crippen molar-refractivity contribution in [3.8, 4) is 17.6 Å². The molecule has 0 saturated carbocycles. The number of hydrogen-bond acceptors (Lipinski definition) is 6. The van der Waals surface area contributed by atoms with Gasteiger partial charge in [0.2, 0.25) is 5.91 Å². The Morgan fingerprint density at radius 1 is 0.904 bits per heavy atom. The van der Waals surface area contributed by atoms with Gasteiger partial charge in [0.1, 0.15) is 30.0 Å². The molecule has 4 rings (SSSR count). The lowest BCUT2D eigenvalue weighted by molar-refractivity contribution is -0.122. The highest BCUT2D eigenvalue weighted by Gasteiger charge is 2.30. The van der Waals surface area contributed by atoms with Gasteiger partial charge >= 0.3 is 7.60 Å². The van der Waals surface area contributed by atoms with Gasteiger partial charge in [0.15, 0.2) is 0 Å². The lowest BCUT2D eigenvalue weighted by Gasteiger charge is -2.21. The highest BCUT2D eigenvalue weighted by atomic mass is 35.5. The topological polar surface area (TPSA) is 163 Å². The third-order valence-corrected chi connectivity index (χ3v) is 9.44. The van der Waals surface area contributed by atoms with Crippen molar-refractivity contribution in [2.75, 3.05) is 19.7 Å². The molecule has 2 unspecified atom stereocenters. The Labute approximate surface area is 308 Å². The van der Waals surface area contributed by atoms with E-state index in [9.17, 15) is 28.3 Å². The molecule has 10 nitrogen and oxygen atoms in total. The predicted octanol–water partition coefficient (Wildman–Crippen LogP) is 5.85. The summed E-state index contributed by atoms with van der Waals surface area (Å²) in [6, 6.07) is 25.8. The molecule has 0 aliphatic heterocycles. The van der Waals surface area contributed by atoms with Crippen LogP contribution in [0.25, 0.3) is 0 Å². The van der Waals surface area contributed by atoms with Crippen LogP contribution in [-0.2, 0) is 22.3 Å². The molecule has 4 aromatic rings. The number of unbranched alkanes of at least 4 members (excludes halogenated alkanes) is 3. The summed E-state index contributed by atoms with van der Waals surface area (Å²) in [5.74, 6) is 3.58. The van der Waals surface area contributed by atoms with E-state index in [0.717, 1.165) is 42.9 Å². The fraction of sp³-hybridized carbons (Fsp3) is 0.282. The number of hydrogen-bond donors (Lipinski definition) is 6. The molecule has 0 heterocycles. The monoisotopic (exact) mass is 748 g/mol. The molecular formula is C39H43ClFN4O6P. The molecule has 274 valence electrons. The normalized spacial score (nSPS) is 12.2. The van der Waals surface area contributed by atoms with Gasteiger partial charge in [0.25, 0.3) is 5.91 Å². The lowest BCUT2D eigenvalue weighted by Crippen LogP contribution is -2.48. The zero-order valence-corrected chi connectivity index (χ0v) is 30.2. The van der Waals surface area contributed by atoms with E-state index in [4.69, 9.17) is 22.1 Å². The molecule has 0 aromatic heterocycles. The number of halogens is 2. The van der Waals surface area contributed by atoms with Gasteiger partial charge in [-0.2, -0.15) is 0 Å². The highest BCUT2D eigenvalue weighted by molar-refractivity contribution is 7.52. The van der Waals surface area contributed by atoms with Gasteiger partial charge in [-0.15, -0.1) is 0 Å². The van der Waals surface area contributed by atoms with Crippen LogP contribution in [0.2, 0.25) is 5.02 Å². The second kappa shape index (κ2) is 20.5. The van der Waals surface area contributed by atoms with Crippen molar-refractivity contribution in [1.82, 2.24) is 16.0 Å². The minimum absolute atomic E-state index is 0.00169. The van der Waals surface area contributed by atoms with Crippen molar-refractivity contribution in [3.05, 3.63) is 136 Å². The third-order valence-electron chi connectivity index (χ3n) is 8.00. The molecule has 2 atom stereocenters. The van der Waals surface area contributed by atoms with Crippen LogP contribution >= 0.6 is 19.2 Å². The fourth-order valence-electron chi connectivity index (χ4n) is 5.33. The highest BCUT2D eigenvalue weighted by Crippen LogP contribution is 2.50. The van der Waals surface area contributed by atoms with E-state index >= 15 is 0 Å². The van der Waals surface area contributed by atoms with Crippen molar-refractivity contribution in [2.24, 2.45) is 5.73 Å². The minimum atomic E-state index is -4.55. The Morgan fingerprint density at radius 2 is 1.65 bits per heavy atom. The van der Waals surface area contributed by atoms with Gasteiger partial charge in [0.05, 0.1) is 5.02 Å². The van der Waals surface area contributed by atoms with E-state index in [-0.39, 0.29) is 36.1 Å². The smallest absolute Gasteiger partial charge is 0.346 e. The maximum absolute atomic E-state index is 13.7. The van der Waals surface area contributed by atoms with E-state index in [1.54, 1.807) is 36.4 Å². The molecule has 0 radical (unpaired) electrons. The molecule has 2 amide bonds. The molecular weight excluding hydrogens is 706 g/mol. The Balaban J connectivity index is 1.40. The summed E-state index contributed by atoms with van der Waals surface area (Å²) >= 11 is 5.88. The van der Waals surface area contributed by atoms with Gasteiger partial charge in [-0.3, -0.25) is 19.5 Å². The summed E-state index contributed by atoms with van der Waals surface area (Å²) < 4.78 is 31.9. The maximum Gasteiger partial charge on any atom is 0.346 e. The zero-order valence-electron chi connectivity index (χ0n) is 28.6. The van der Waals surface area contributed by atoms with E-state index in [1.807, 2.05) is 42.5 Å². The van der Waals surface area contributed by atoms with Gasteiger partial charge in [0, 0.05) is 30.6 Å². The Bertz CT molecular complexity index is 1900. The summed E-state index contributed by atoms with van der Waals surface area (Å²) in [7, 11) is -4.55. The number of carbonyl (C=O) groups excluding carboxylic acids is 2. The van der Waals surface area contributed by atoms with Gasteiger partial charge < -0.3 is 30.9 Å². The number of nitrogens with two attached hydrogens (primary N) is 1. The first-order valence-electron chi connectivity index (χ1n) is 16.9. The van der Waals surface area contributed by atoms with Gasteiger partial charge in [-0.25, -0.2) is 4.39 Å². The van der Waals surface area contributed by atoms with Crippen molar-refractivity contribution >= 4 is 31.0 Å². The van der Waals surface area contributed by atoms with Crippen LogP contribution in [0.4, 0.5) is 4.39 Å². The average molecular weight is 749 g/mol. The number of carbonyl (C=O) groups is 2. The molecule has 0 bridgehead atoms. The molecule has 0 saturated heterocycles. The Hall–Kier alpha value is -4.53. The predicted molar refractivity (Wildman–Crippen MR) is 200 cm³/mol. The van der Waals surface area contributed by atoms with Crippen molar-refractivity contribution in [1.29, 1.82) is 0 Å². The number of nitrogens with one attached hydrogen (secondary N) is 3. The van der Waals surface area contributed by atoms with Crippen LogP contribution in [0.3, 0.4) is 0 Å². The summed E-state index contributed by atoms with van der Waals surface area (Å²) in [4.78, 5) is 46.4. The van der Waals surface area contributed by atoms with Crippen LogP contribution in [0.5, 0.6) is 5.75 Å². The minimum Gasteiger partial charge on any atom is -0.481 e. The first-order chi connectivity index (χ1) is 25.0. The second-order valence-corrected chi connectivity index (χ2v) is 14.2. The number of rotatable bonds is 18. The number of ether oxygens (including phenoxy) is 1. The second-order valence-electron chi connectivity index (χ2n) is 12.1. The quantitative estimate of drug-likeness (QED) is 0.0420. The maximum atomic E-state index is 13.7. The average Bonchev–Trinajstić information content (AvgIpc) is 3.12. The molecule has 0 aliphatic carbocycles. The summed E-state index contributed by atoms with van der Waals surface area (Å²) in [6.45, 7) is 1.33. The standard InChI is InChI=1S/C39H43ClFN4O6P/c40-34-26-31(18-19-35(34)41)37(46)45-36(38(47)43-21-7-2-1-6-20-42)24-30-14-8-13-28(23-30)15-10-22-51-33-17-9-16-32(25-33)39(52(48,49)50)44-27-29-11-4-3-5-12-29/h3-5,8-9,11-14,16-19,23,25-26,36,39,44H,1-2,6-7,20-22,24,27,42H2,(H,43,47)(H,45,46)(H2,48,49,50). The largest absolute Gasteiger partial charge is 0.481 e. The number of benzene rings is 4. The first-order valence-corrected chi connectivity index (χ1v) is 19.0. The molecule has 0 spiro atoms. The van der Waals surface area contributed by atoms with Crippen LogP contribution in [0, 0.1) is 17.7 Å². The molecule has 7 N–H and O–H groups in total. The van der Waals surface area contributed by atoms with E-state index in [0.29, 0.717) is 30.0 Å². The Morgan fingerprint density at radius 3 is 2.40 bits per heavy atom. The van der Waals surface area contributed by atoms with Crippen LogP contribution in [0.1, 0.15) is 64.1 Å². The summed E-state index contributed by atoms with van der Waals surface area (Å²) in [5.41, 5.74) is 8.33. The molecule has 52 heavy (non-hydrogen) atoms. The van der Waals surface area contributed by atoms with Gasteiger partial charge in [-0.1, -0.05) is 90.9 Å². The Kier molecular flexibility index (Phi) is 15.9. The first kappa shape index (κ1) is 40.2. The summed E-state index contributed by atoms with van der Waals surface area (Å²) in [5, 5.41) is 8.42.